The molecule has 10 nitrogen and oxygen atoms in total. The van der Waals surface area contributed by atoms with Crippen LogP contribution in [0.15, 0.2) is 60.8 Å². The van der Waals surface area contributed by atoms with E-state index in [1.807, 2.05) is 42.5 Å². The largest absolute Gasteiger partial charge is 0.467 e. The molecule has 0 saturated carbocycles. The number of carbonyl (C=O) groups excluding carboxylic acids is 4. The minimum absolute atomic E-state index is 0.0397. The number of ether oxygens (including phenoxy) is 3. The number of methoxy groups -OCH3 is 1. The maximum atomic E-state index is 13.3. The van der Waals surface area contributed by atoms with Gasteiger partial charge < -0.3 is 24.8 Å². The number of rotatable bonds is 9. The molecule has 214 valence electrons. The third-order valence-corrected chi connectivity index (χ3v) is 6.05. The van der Waals surface area contributed by atoms with Crippen LogP contribution in [-0.2, 0) is 36.8 Å². The lowest BCUT2D eigenvalue weighted by molar-refractivity contribution is -0.145. The van der Waals surface area contributed by atoms with Crippen molar-refractivity contribution in [1.82, 2.24) is 15.2 Å². The number of fused-ring (bicyclic) bond motifs is 1. The van der Waals surface area contributed by atoms with Gasteiger partial charge in [-0.3, -0.25) is 9.36 Å². The molecule has 0 saturated heterocycles. The summed E-state index contributed by atoms with van der Waals surface area (Å²) < 4.78 is 17.1. The molecule has 0 aliphatic carbocycles. The summed E-state index contributed by atoms with van der Waals surface area (Å²) in [5, 5.41) is 6.02. The van der Waals surface area contributed by atoms with Crippen LogP contribution < -0.4 is 10.6 Å². The minimum Gasteiger partial charge on any atom is -0.467 e. The number of aromatic nitrogens is 1. The van der Waals surface area contributed by atoms with Crippen molar-refractivity contribution >= 4 is 35.0 Å². The summed E-state index contributed by atoms with van der Waals surface area (Å²) in [6.45, 7) is 8.91. The van der Waals surface area contributed by atoms with Crippen LogP contribution in [0.25, 0.3) is 10.9 Å². The van der Waals surface area contributed by atoms with Crippen molar-refractivity contribution in [2.24, 2.45) is 5.92 Å². The van der Waals surface area contributed by atoms with Gasteiger partial charge in [-0.1, -0.05) is 62.4 Å². The summed E-state index contributed by atoms with van der Waals surface area (Å²) in [5.74, 6) is -1.55. The van der Waals surface area contributed by atoms with Crippen molar-refractivity contribution in [3.8, 4) is 0 Å². The summed E-state index contributed by atoms with van der Waals surface area (Å²) in [5.41, 5.74) is 1.34. The minimum atomic E-state index is -1.08. The Bertz CT molecular complexity index is 1340. The zero-order valence-electron chi connectivity index (χ0n) is 23.7. The van der Waals surface area contributed by atoms with Crippen molar-refractivity contribution in [3.05, 3.63) is 71.9 Å². The van der Waals surface area contributed by atoms with Crippen LogP contribution in [0.2, 0.25) is 0 Å². The van der Waals surface area contributed by atoms with Crippen molar-refractivity contribution in [3.63, 3.8) is 0 Å². The number of hydrogen-bond acceptors (Lipinski definition) is 7. The highest BCUT2D eigenvalue weighted by Gasteiger charge is 2.31. The number of nitrogens with one attached hydrogen (secondary N) is 2. The summed E-state index contributed by atoms with van der Waals surface area (Å²) in [4.78, 5) is 51.4. The van der Waals surface area contributed by atoms with Crippen LogP contribution in [0.5, 0.6) is 0 Å². The quantitative estimate of drug-likeness (QED) is 0.295. The Morgan fingerprint density at radius 2 is 1.57 bits per heavy atom. The van der Waals surface area contributed by atoms with Gasteiger partial charge in [-0.05, 0) is 43.9 Å². The van der Waals surface area contributed by atoms with Gasteiger partial charge in [0.05, 0.1) is 12.6 Å². The van der Waals surface area contributed by atoms with Crippen LogP contribution in [0.3, 0.4) is 0 Å². The Kier molecular flexibility index (Phi) is 9.93. The maximum absolute atomic E-state index is 13.3. The molecule has 1 heterocycles. The second-order valence-corrected chi connectivity index (χ2v) is 10.7. The standard InChI is InChI=1S/C30H37N3O7/c1-19(2)25(32-28(36)39-18-20-12-8-7-9-13-20)26(34)31-23(27(35)38-6)16-21-17-33(29(37)40-30(3,4)5)24-15-11-10-14-22(21)24/h7-15,17,19,23,25H,16,18H2,1-6H3,(H,31,34)(H,32,36)/t23-,25-/m1/s1. The van der Waals surface area contributed by atoms with Crippen LogP contribution in [0, 0.1) is 5.92 Å². The number of hydrogen-bond donors (Lipinski definition) is 2. The topological polar surface area (TPSA) is 125 Å². The molecule has 10 heteroatoms. The molecule has 2 aromatic carbocycles. The molecule has 0 unspecified atom stereocenters. The van der Waals surface area contributed by atoms with Crippen molar-refractivity contribution < 1.29 is 33.4 Å². The van der Waals surface area contributed by atoms with E-state index < -0.39 is 41.7 Å². The molecule has 0 aliphatic rings. The Morgan fingerprint density at radius 3 is 2.20 bits per heavy atom. The molecular weight excluding hydrogens is 514 g/mol. The summed E-state index contributed by atoms with van der Waals surface area (Å²) in [6, 6.07) is 14.3. The molecule has 3 rings (SSSR count). The second kappa shape index (κ2) is 13.1. The first-order chi connectivity index (χ1) is 18.9. The Balaban J connectivity index is 1.78. The fourth-order valence-electron chi connectivity index (χ4n) is 4.12. The zero-order chi connectivity index (χ0) is 29.4. The fraction of sp³-hybridized carbons (Fsp3) is 0.400. The number of nitrogens with zero attached hydrogens (tertiary/aromatic N) is 1. The predicted molar refractivity (Wildman–Crippen MR) is 150 cm³/mol. The van der Waals surface area contributed by atoms with Gasteiger partial charge in [0.25, 0.3) is 0 Å². The molecule has 0 radical (unpaired) electrons. The average molecular weight is 552 g/mol. The van der Waals surface area contributed by atoms with Gasteiger partial charge in [0.2, 0.25) is 5.91 Å². The monoisotopic (exact) mass is 551 g/mol. The van der Waals surface area contributed by atoms with E-state index in [1.165, 1.54) is 11.7 Å². The molecule has 3 aromatic rings. The lowest BCUT2D eigenvalue weighted by Crippen LogP contribution is -2.54. The lowest BCUT2D eigenvalue weighted by Gasteiger charge is -2.24. The first-order valence-corrected chi connectivity index (χ1v) is 13.1. The van der Waals surface area contributed by atoms with E-state index >= 15 is 0 Å². The third kappa shape index (κ3) is 8.08. The van der Waals surface area contributed by atoms with Gasteiger partial charge in [0.15, 0.2) is 0 Å². The summed E-state index contributed by atoms with van der Waals surface area (Å²) >= 11 is 0. The molecule has 2 atom stereocenters. The van der Waals surface area contributed by atoms with Crippen molar-refractivity contribution in [2.75, 3.05) is 7.11 Å². The second-order valence-electron chi connectivity index (χ2n) is 10.7. The van der Waals surface area contributed by atoms with Gasteiger partial charge in [-0.25, -0.2) is 14.4 Å². The van der Waals surface area contributed by atoms with Gasteiger partial charge in [-0.2, -0.15) is 0 Å². The first-order valence-electron chi connectivity index (χ1n) is 13.1. The number of carbonyl (C=O) groups is 4. The smallest absolute Gasteiger partial charge is 0.419 e. The predicted octanol–water partition coefficient (Wildman–Crippen LogP) is 4.58. The molecule has 40 heavy (non-hydrogen) atoms. The molecular formula is C30H37N3O7. The molecule has 0 aliphatic heterocycles. The zero-order valence-corrected chi connectivity index (χ0v) is 23.7. The van der Waals surface area contributed by atoms with Gasteiger partial charge in [0, 0.05) is 18.0 Å². The molecule has 1 aromatic heterocycles. The first kappa shape index (κ1) is 30.2. The highest BCUT2D eigenvalue weighted by Crippen LogP contribution is 2.24. The van der Waals surface area contributed by atoms with E-state index in [-0.39, 0.29) is 18.9 Å². The molecule has 0 fully saturated rings. The SMILES string of the molecule is COC(=O)[C@@H](Cc1cn(C(=O)OC(C)(C)C)c2ccccc12)NC(=O)[C@H](NC(=O)OCc1ccccc1)C(C)C. The highest BCUT2D eigenvalue weighted by molar-refractivity contribution is 5.93. The highest BCUT2D eigenvalue weighted by atomic mass is 16.6. The normalized spacial score (nSPS) is 12.9. The van der Waals surface area contributed by atoms with Gasteiger partial charge >= 0.3 is 18.2 Å². The average Bonchev–Trinajstić information content (AvgIpc) is 3.27. The molecule has 2 N–H and O–H groups in total. The van der Waals surface area contributed by atoms with E-state index in [2.05, 4.69) is 10.6 Å². The van der Waals surface area contributed by atoms with Crippen LogP contribution in [0.4, 0.5) is 9.59 Å². The van der Waals surface area contributed by atoms with Crippen LogP contribution in [-0.4, -0.2) is 53.4 Å². The lowest BCUT2D eigenvalue weighted by atomic mass is 10.0. The van der Waals surface area contributed by atoms with Gasteiger partial charge in [0.1, 0.15) is 24.3 Å². The maximum Gasteiger partial charge on any atom is 0.419 e. The number of amides is 2. The Hall–Kier alpha value is -4.34. The van der Waals surface area contributed by atoms with E-state index in [1.54, 1.807) is 52.9 Å². The van der Waals surface area contributed by atoms with E-state index in [4.69, 9.17) is 14.2 Å². The van der Waals surface area contributed by atoms with E-state index in [9.17, 15) is 19.2 Å². The van der Waals surface area contributed by atoms with E-state index in [0.29, 0.717) is 11.1 Å². The van der Waals surface area contributed by atoms with Crippen molar-refractivity contribution in [2.45, 2.75) is 65.3 Å². The molecule has 2 amide bonds. The summed E-state index contributed by atoms with van der Waals surface area (Å²) in [6.07, 6.45) is 0.317. The molecule has 0 spiro atoms. The van der Waals surface area contributed by atoms with Crippen LogP contribution >= 0.6 is 0 Å². The Morgan fingerprint density at radius 1 is 0.925 bits per heavy atom. The Labute approximate surface area is 234 Å². The molecule has 0 bridgehead atoms. The number of esters is 1. The van der Waals surface area contributed by atoms with Crippen LogP contribution in [0.1, 0.15) is 45.7 Å². The number of para-hydroxylation sites is 1. The van der Waals surface area contributed by atoms with Gasteiger partial charge in [-0.15, -0.1) is 0 Å². The third-order valence-electron chi connectivity index (χ3n) is 6.05. The number of benzene rings is 2. The van der Waals surface area contributed by atoms with Crippen molar-refractivity contribution in [1.29, 1.82) is 0 Å². The number of alkyl carbamates (subject to hydrolysis) is 1. The fourth-order valence-corrected chi connectivity index (χ4v) is 4.12. The van der Waals surface area contributed by atoms with E-state index in [0.717, 1.165) is 10.9 Å². The summed E-state index contributed by atoms with van der Waals surface area (Å²) in [7, 11) is 1.23.